The second-order valence-electron chi connectivity index (χ2n) is 7.09. The van der Waals surface area contributed by atoms with Crippen LogP contribution in [0.1, 0.15) is 42.2 Å². The van der Waals surface area contributed by atoms with Gasteiger partial charge in [-0.15, -0.1) is 0 Å². The molecule has 0 heterocycles. The summed E-state index contributed by atoms with van der Waals surface area (Å²) < 4.78 is 10.2. The number of nitrogens with one attached hydrogen (secondary N) is 2. The van der Waals surface area contributed by atoms with Crippen LogP contribution in [0.4, 0.5) is 5.69 Å². The van der Waals surface area contributed by atoms with Gasteiger partial charge in [0.15, 0.2) is 0 Å². The standard InChI is InChI=1S/C22H25N3O7/c1-14(2)32-21(27)12-18(17-6-4-5-7-19(17)25(29)30)24-20(26)13-23-22(28)15-8-10-16(31-3)11-9-15/h4-11,14,18H,12-13H2,1-3H3,(H,23,28)(H,24,26). The number of hydrogen-bond acceptors (Lipinski definition) is 7. The van der Waals surface area contributed by atoms with Gasteiger partial charge in [0.2, 0.25) is 5.91 Å². The van der Waals surface area contributed by atoms with Crippen molar-refractivity contribution in [2.45, 2.75) is 32.4 Å². The molecule has 0 aliphatic carbocycles. The molecule has 0 fully saturated rings. The second-order valence-corrected chi connectivity index (χ2v) is 7.09. The average Bonchev–Trinajstić information content (AvgIpc) is 2.76. The number of hydrogen-bond donors (Lipinski definition) is 2. The number of para-hydroxylation sites is 1. The maximum atomic E-state index is 12.5. The molecule has 2 rings (SSSR count). The van der Waals surface area contributed by atoms with Crippen LogP contribution in [-0.4, -0.2) is 42.5 Å². The minimum Gasteiger partial charge on any atom is -0.497 e. The summed E-state index contributed by atoms with van der Waals surface area (Å²) in [6.45, 7) is 2.96. The number of esters is 1. The summed E-state index contributed by atoms with van der Waals surface area (Å²) in [6.07, 6.45) is -0.685. The SMILES string of the molecule is COc1ccc(C(=O)NCC(=O)NC(CC(=O)OC(C)C)c2ccccc2[N+](=O)[O-])cc1. The molecule has 10 nitrogen and oxygen atoms in total. The zero-order valence-electron chi connectivity index (χ0n) is 18.0. The molecule has 2 aromatic carbocycles. The van der Waals surface area contributed by atoms with E-state index < -0.39 is 28.7 Å². The van der Waals surface area contributed by atoms with E-state index in [4.69, 9.17) is 9.47 Å². The Morgan fingerprint density at radius 3 is 2.31 bits per heavy atom. The van der Waals surface area contributed by atoms with Gasteiger partial charge in [0.05, 0.1) is 42.7 Å². The lowest BCUT2D eigenvalue weighted by molar-refractivity contribution is -0.385. The molecule has 0 bridgehead atoms. The van der Waals surface area contributed by atoms with Gasteiger partial charge in [-0.05, 0) is 38.1 Å². The summed E-state index contributed by atoms with van der Waals surface area (Å²) in [4.78, 5) is 47.7. The van der Waals surface area contributed by atoms with Gasteiger partial charge in [-0.2, -0.15) is 0 Å². The molecule has 2 amide bonds. The highest BCUT2D eigenvalue weighted by molar-refractivity contribution is 5.96. The van der Waals surface area contributed by atoms with Crippen molar-refractivity contribution in [3.63, 3.8) is 0 Å². The average molecular weight is 443 g/mol. The summed E-state index contributed by atoms with van der Waals surface area (Å²) >= 11 is 0. The maximum Gasteiger partial charge on any atom is 0.308 e. The zero-order chi connectivity index (χ0) is 23.7. The van der Waals surface area contributed by atoms with Gasteiger partial charge in [0.25, 0.3) is 11.6 Å². The first-order valence-corrected chi connectivity index (χ1v) is 9.85. The van der Waals surface area contributed by atoms with Gasteiger partial charge in [-0.3, -0.25) is 24.5 Å². The van der Waals surface area contributed by atoms with E-state index in [9.17, 15) is 24.5 Å². The van der Waals surface area contributed by atoms with Crippen LogP contribution in [0.15, 0.2) is 48.5 Å². The van der Waals surface area contributed by atoms with E-state index in [1.807, 2.05) is 0 Å². The number of carbonyl (C=O) groups excluding carboxylic acids is 3. The van der Waals surface area contributed by atoms with Gasteiger partial charge in [0.1, 0.15) is 5.75 Å². The molecule has 0 saturated carbocycles. The van der Waals surface area contributed by atoms with E-state index in [2.05, 4.69) is 10.6 Å². The van der Waals surface area contributed by atoms with Crippen LogP contribution in [-0.2, 0) is 14.3 Å². The highest BCUT2D eigenvalue weighted by atomic mass is 16.6. The van der Waals surface area contributed by atoms with Gasteiger partial charge in [0, 0.05) is 11.6 Å². The Kier molecular flexibility index (Phi) is 8.70. The van der Waals surface area contributed by atoms with Crippen LogP contribution in [0.2, 0.25) is 0 Å². The van der Waals surface area contributed by atoms with Crippen molar-refractivity contribution in [2.75, 3.05) is 13.7 Å². The van der Waals surface area contributed by atoms with E-state index in [1.165, 1.54) is 25.3 Å². The molecule has 2 aromatic rings. The van der Waals surface area contributed by atoms with E-state index in [1.54, 1.807) is 44.2 Å². The number of amides is 2. The lowest BCUT2D eigenvalue weighted by Crippen LogP contribution is -2.39. The Labute approximate surface area is 185 Å². The lowest BCUT2D eigenvalue weighted by Gasteiger charge is -2.19. The Balaban J connectivity index is 2.10. The number of nitrogens with zero attached hydrogens (tertiary/aromatic N) is 1. The predicted molar refractivity (Wildman–Crippen MR) is 115 cm³/mol. The monoisotopic (exact) mass is 443 g/mol. The first-order valence-electron chi connectivity index (χ1n) is 9.85. The van der Waals surface area contributed by atoms with Crippen LogP contribution in [0.5, 0.6) is 5.75 Å². The number of methoxy groups -OCH3 is 1. The van der Waals surface area contributed by atoms with E-state index in [0.29, 0.717) is 11.3 Å². The first-order chi connectivity index (χ1) is 15.2. The smallest absolute Gasteiger partial charge is 0.308 e. The predicted octanol–water partition coefficient (Wildman–Crippen LogP) is 2.53. The molecule has 32 heavy (non-hydrogen) atoms. The van der Waals surface area contributed by atoms with Crippen molar-refractivity contribution in [3.8, 4) is 5.75 Å². The van der Waals surface area contributed by atoms with Gasteiger partial charge in [-0.25, -0.2) is 0 Å². The Morgan fingerprint density at radius 1 is 1.06 bits per heavy atom. The molecule has 0 spiro atoms. The minimum atomic E-state index is -1.01. The largest absolute Gasteiger partial charge is 0.497 e. The summed E-state index contributed by atoms with van der Waals surface area (Å²) in [5, 5.41) is 16.5. The lowest BCUT2D eigenvalue weighted by atomic mass is 10.0. The minimum absolute atomic E-state index is 0.160. The Hall–Kier alpha value is -3.95. The highest BCUT2D eigenvalue weighted by Gasteiger charge is 2.26. The van der Waals surface area contributed by atoms with E-state index in [0.717, 1.165) is 0 Å². The highest BCUT2D eigenvalue weighted by Crippen LogP contribution is 2.27. The molecule has 10 heteroatoms. The molecule has 0 aliphatic heterocycles. The van der Waals surface area contributed by atoms with Crippen molar-refractivity contribution in [2.24, 2.45) is 0 Å². The molecule has 0 aliphatic rings. The molecule has 2 N–H and O–H groups in total. The summed E-state index contributed by atoms with van der Waals surface area (Å²) in [6, 6.07) is 11.1. The summed E-state index contributed by atoms with van der Waals surface area (Å²) in [5.74, 6) is -1.14. The number of ether oxygens (including phenoxy) is 2. The fourth-order valence-electron chi connectivity index (χ4n) is 2.92. The fraction of sp³-hybridized carbons (Fsp3) is 0.318. The van der Waals surface area contributed by atoms with Gasteiger partial charge >= 0.3 is 5.97 Å². The number of nitro groups is 1. The molecular formula is C22H25N3O7. The van der Waals surface area contributed by atoms with Crippen LogP contribution in [0.25, 0.3) is 0 Å². The third-order valence-corrected chi connectivity index (χ3v) is 4.34. The van der Waals surface area contributed by atoms with Crippen molar-refractivity contribution in [1.82, 2.24) is 10.6 Å². The molecular weight excluding hydrogens is 418 g/mol. The number of rotatable bonds is 10. The topological polar surface area (TPSA) is 137 Å². The second kappa shape index (κ2) is 11.4. The van der Waals surface area contributed by atoms with Gasteiger partial charge in [-0.1, -0.05) is 18.2 Å². The quantitative estimate of drug-likeness (QED) is 0.327. The Bertz CT molecular complexity index is 974. The normalized spacial score (nSPS) is 11.4. The maximum absolute atomic E-state index is 12.5. The van der Waals surface area contributed by atoms with Crippen molar-refractivity contribution in [1.29, 1.82) is 0 Å². The molecule has 170 valence electrons. The van der Waals surface area contributed by atoms with Crippen LogP contribution >= 0.6 is 0 Å². The molecule has 1 unspecified atom stereocenters. The zero-order valence-corrected chi connectivity index (χ0v) is 18.0. The Morgan fingerprint density at radius 2 is 1.72 bits per heavy atom. The molecule has 0 radical (unpaired) electrons. The number of benzene rings is 2. The van der Waals surface area contributed by atoms with Crippen molar-refractivity contribution >= 4 is 23.5 Å². The third kappa shape index (κ3) is 7.08. The van der Waals surface area contributed by atoms with Crippen molar-refractivity contribution in [3.05, 3.63) is 69.8 Å². The molecule has 1 atom stereocenters. The van der Waals surface area contributed by atoms with Crippen molar-refractivity contribution < 1.29 is 28.8 Å². The molecule has 0 saturated heterocycles. The third-order valence-electron chi connectivity index (χ3n) is 4.34. The summed E-state index contributed by atoms with van der Waals surface area (Å²) in [5.41, 5.74) is 0.250. The van der Waals surface area contributed by atoms with Crippen LogP contribution in [0, 0.1) is 10.1 Å². The first kappa shape index (κ1) is 24.3. The van der Waals surface area contributed by atoms with E-state index >= 15 is 0 Å². The van der Waals surface area contributed by atoms with Crippen LogP contribution < -0.4 is 15.4 Å². The van der Waals surface area contributed by atoms with Gasteiger partial charge < -0.3 is 20.1 Å². The number of nitro benzene ring substituents is 1. The number of carbonyl (C=O) groups is 3. The van der Waals surface area contributed by atoms with E-state index in [-0.39, 0.29) is 30.3 Å². The van der Waals surface area contributed by atoms with Crippen LogP contribution in [0.3, 0.4) is 0 Å². The summed E-state index contributed by atoms with van der Waals surface area (Å²) in [7, 11) is 1.50. The molecule has 0 aromatic heterocycles. The fourth-order valence-corrected chi connectivity index (χ4v) is 2.92.